The van der Waals surface area contributed by atoms with Gasteiger partial charge < -0.3 is 14.0 Å². The van der Waals surface area contributed by atoms with Gasteiger partial charge in [-0.15, -0.1) is 0 Å². The van der Waals surface area contributed by atoms with E-state index in [0.717, 1.165) is 6.26 Å². The van der Waals surface area contributed by atoms with E-state index in [1.165, 1.54) is 17.6 Å². The molecule has 0 fully saturated rings. The summed E-state index contributed by atoms with van der Waals surface area (Å²) in [6, 6.07) is 9.29. The van der Waals surface area contributed by atoms with Crippen LogP contribution in [0.15, 0.2) is 41.3 Å². The van der Waals surface area contributed by atoms with Crippen LogP contribution >= 0.6 is 0 Å². The number of aromatic nitrogens is 1. The van der Waals surface area contributed by atoms with Crippen molar-refractivity contribution in [1.29, 1.82) is 5.26 Å². The van der Waals surface area contributed by atoms with E-state index in [-0.39, 0.29) is 18.6 Å². The van der Waals surface area contributed by atoms with E-state index in [1.807, 2.05) is 0 Å². The summed E-state index contributed by atoms with van der Waals surface area (Å²) < 4.78 is 40.1. The first kappa shape index (κ1) is 23.5. The molecule has 0 amide bonds. The molecule has 170 valence electrons. The Kier molecular flexibility index (Phi) is 6.44. The van der Waals surface area contributed by atoms with Crippen molar-refractivity contribution in [2.24, 2.45) is 0 Å². The summed E-state index contributed by atoms with van der Waals surface area (Å²) in [7, 11) is -3.57. The fourth-order valence-electron chi connectivity index (χ4n) is 3.73. The molecule has 0 saturated carbocycles. The topological polar surface area (TPSA) is 125 Å². The normalized spacial score (nSPS) is 19.3. The van der Waals surface area contributed by atoms with E-state index in [9.17, 15) is 23.3 Å². The number of fused-ring (bicyclic) bond motifs is 1. The highest BCUT2D eigenvalue weighted by atomic mass is 32.2. The average Bonchev–Trinajstić information content (AvgIpc) is 2.67. The number of ether oxygens (including phenoxy) is 2. The molecule has 2 heterocycles. The van der Waals surface area contributed by atoms with Gasteiger partial charge in [-0.1, -0.05) is 0 Å². The van der Waals surface area contributed by atoms with Gasteiger partial charge in [0.1, 0.15) is 17.4 Å². The van der Waals surface area contributed by atoms with Gasteiger partial charge in [0.05, 0.1) is 24.5 Å². The number of carbonyl (C=O) groups is 1. The third-order valence-corrected chi connectivity index (χ3v) is 5.69. The fraction of sp³-hybridized carbons (Fsp3) is 0.409. The summed E-state index contributed by atoms with van der Waals surface area (Å²) >= 11 is 0. The maximum absolute atomic E-state index is 13.1. The Bertz CT molecular complexity index is 1240. The highest BCUT2D eigenvalue weighted by Crippen LogP contribution is 2.43. The lowest BCUT2D eigenvalue weighted by atomic mass is 9.85. The van der Waals surface area contributed by atoms with Crippen LogP contribution in [-0.2, 0) is 30.3 Å². The number of pyridine rings is 1. The van der Waals surface area contributed by atoms with Gasteiger partial charge in [-0.25, -0.2) is 0 Å². The van der Waals surface area contributed by atoms with E-state index in [2.05, 4.69) is 6.07 Å². The van der Waals surface area contributed by atoms with Crippen molar-refractivity contribution in [2.75, 3.05) is 12.9 Å². The maximum atomic E-state index is 13.1. The minimum absolute atomic E-state index is 0.0863. The molecule has 1 aromatic heterocycles. The van der Waals surface area contributed by atoms with Crippen molar-refractivity contribution >= 4 is 16.1 Å². The first-order valence-electron chi connectivity index (χ1n) is 9.87. The lowest BCUT2D eigenvalue weighted by Gasteiger charge is -2.44. The molecule has 0 bridgehead atoms. The van der Waals surface area contributed by atoms with Crippen molar-refractivity contribution in [3.05, 3.63) is 63.6 Å². The third kappa shape index (κ3) is 5.18. The molecule has 1 aliphatic rings. The van der Waals surface area contributed by atoms with Gasteiger partial charge in [0.2, 0.25) is 0 Å². The Labute approximate surface area is 186 Å². The van der Waals surface area contributed by atoms with Gasteiger partial charge in [-0.05, 0) is 50.1 Å². The Hall–Kier alpha value is -3.16. The van der Waals surface area contributed by atoms with Gasteiger partial charge in [0.25, 0.3) is 15.7 Å². The van der Waals surface area contributed by atoms with Gasteiger partial charge >= 0.3 is 5.97 Å². The fourth-order valence-corrected chi connectivity index (χ4v) is 4.12. The molecule has 1 aromatic carbocycles. The van der Waals surface area contributed by atoms with E-state index in [1.54, 1.807) is 44.3 Å². The molecular formula is C22H24N2O7S. The van der Waals surface area contributed by atoms with Crippen LogP contribution < -0.4 is 10.3 Å². The first-order valence-corrected chi connectivity index (χ1v) is 11.7. The number of rotatable bonds is 6. The second-order valence-corrected chi connectivity index (χ2v) is 9.75. The average molecular weight is 461 g/mol. The number of hydrogen-bond donors (Lipinski definition) is 0. The lowest BCUT2D eigenvalue weighted by molar-refractivity contribution is -0.163. The van der Waals surface area contributed by atoms with E-state index < -0.39 is 33.8 Å². The highest BCUT2D eigenvalue weighted by molar-refractivity contribution is 7.85. The molecule has 32 heavy (non-hydrogen) atoms. The van der Waals surface area contributed by atoms with Gasteiger partial charge in [0.15, 0.2) is 6.10 Å². The molecule has 0 N–H and O–H groups in total. The van der Waals surface area contributed by atoms with Crippen molar-refractivity contribution in [3.8, 4) is 11.8 Å². The van der Waals surface area contributed by atoms with Crippen molar-refractivity contribution < 1.29 is 26.9 Å². The SMILES string of the molecule is CC(=O)OC1C(n2ccc(CCOS(C)(=O)=O)cc2=O)c2cc(C#N)ccc2OC1(C)C. The second-order valence-electron chi connectivity index (χ2n) is 8.10. The largest absolute Gasteiger partial charge is 0.484 e. The van der Waals surface area contributed by atoms with Crippen molar-refractivity contribution in [1.82, 2.24) is 4.57 Å². The molecule has 0 radical (unpaired) electrons. The summed E-state index contributed by atoms with van der Waals surface area (Å²) in [5.74, 6) is -0.0425. The molecule has 0 spiro atoms. The predicted molar refractivity (Wildman–Crippen MR) is 115 cm³/mol. The molecule has 0 saturated heterocycles. The number of esters is 1. The quantitative estimate of drug-likeness (QED) is 0.473. The van der Waals surface area contributed by atoms with Crippen molar-refractivity contribution in [3.63, 3.8) is 0 Å². The molecule has 2 atom stereocenters. The standard InChI is InChI=1S/C22H24N2O7S/c1-14(25)30-21-20(17-11-16(13-23)5-6-18(17)31-22(21,2)3)24-9-7-15(12-19(24)26)8-10-29-32(4,27)28/h5-7,9,11-12,20-21H,8,10H2,1-4H3. The monoisotopic (exact) mass is 460 g/mol. The zero-order valence-electron chi connectivity index (χ0n) is 18.2. The third-order valence-electron chi connectivity index (χ3n) is 5.10. The van der Waals surface area contributed by atoms with Crippen LogP contribution in [0, 0.1) is 11.3 Å². The first-order chi connectivity index (χ1) is 14.9. The van der Waals surface area contributed by atoms with Crippen LogP contribution in [0.4, 0.5) is 0 Å². The Morgan fingerprint density at radius 3 is 2.59 bits per heavy atom. The minimum atomic E-state index is -3.57. The molecular weight excluding hydrogens is 436 g/mol. The summed E-state index contributed by atoms with van der Waals surface area (Å²) in [5.41, 5.74) is 0.177. The number of carbonyl (C=O) groups excluding carboxylic acids is 1. The molecule has 2 unspecified atom stereocenters. The zero-order chi connectivity index (χ0) is 23.7. The van der Waals surface area contributed by atoms with Crippen LogP contribution in [0.5, 0.6) is 5.75 Å². The van der Waals surface area contributed by atoms with Crippen LogP contribution in [-0.4, -0.2) is 43.5 Å². The molecule has 1 aliphatic heterocycles. The molecule has 3 rings (SSSR count). The minimum Gasteiger partial charge on any atom is -0.484 e. The van der Waals surface area contributed by atoms with Crippen LogP contribution in [0.1, 0.15) is 43.5 Å². The summed E-state index contributed by atoms with van der Waals surface area (Å²) in [6.07, 6.45) is 1.90. The highest BCUT2D eigenvalue weighted by Gasteiger charge is 2.47. The summed E-state index contributed by atoms with van der Waals surface area (Å²) in [5, 5.41) is 9.34. The van der Waals surface area contributed by atoms with Crippen LogP contribution in [0.2, 0.25) is 0 Å². The smallest absolute Gasteiger partial charge is 0.303 e. The maximum Gasteiger partial charge on any atom is 0.303 e. The molecule has 2 aromatic rings. The molecule has 0 aliphatic carbocycles. The van der Waals surface area contributed by atoms with Crippen LogP contribution in [0.25, 0.3) is 0 Å². The Balaban J connectivity index is 2.07. The number of nitriles is 1. The van der Waals surface area contributed by atoms with Crippen molar-refractivity contribution in [2.45, 2.75) is 44.9 Å². The Morgan fingerprint density at radius 2 is 2.00 bits per heavy atom. The number of nitrogens with zero attached hydrogens (tertiary/aromatic N) is 2. The summed E-state index contributed by atoms with van der Waals surface area (Å²) in [4.78, 5) is 24.9. The van der Waals surface area contributed by atoms with E-state index in [0.29, 0.717) is 22.4 Å². The number of benzene rings is 1. The van der Waals surface area contributed by atoms with Gasteiger partial charge in [-0.3, -0.25) is 13.8 Å². The summed E-state index contributed by atoms with van der Waals surface area (Å²) in [6.45, 7) is 4.71. The van der Waals surface area contributed by atoms with Gasteiger partial charge in [-0.2, -0.15) is 13.7 Å². The van der Waals surface area contributed by atoms with Crippen LogP contribution in [0.3, 0.4) is 0 Å². The predicted octanol–water partition coefficient (Wildman–Crippen LogP) is 1.93. The second kappa shape index (κ2) is 8.76. The lowest BCUT2D eigenvalue weighted by Crippen LogP contribution is -2.54. The Morgan fingerprint density at radius 1 is 1.28 bits per heavy atom. The van der Waals surface area contributed by atoms with E-state index in [4.69, 9.17) is 13.7 Å². The zero-order valence-corrected chi connectivity index (χ0v) is 19.0. The van der Waals surface area contributed by atoms with Gasteiger partial charge in [0, 0.05) is 24.8 Å². The molecule has 10 heteroatoms. The molecule has 9 nitrogen and oxygen atoms in total. The number of hydrogen-bond acceptors (Lipinski definition) is 8. The van der Waals surface area contributed by atoms with E-state index >= 15 is 0 Å².